The van der Waals surface area contributed by atoms with E-state index in [-0.39, 0.29) is 5.91 Å². The Bertz CT molecular complexity index is 915. The molecule has 0 spiro atoms. The summed E-state index contributed by atoms with van der Waals surface area (Å²) in [5.41, 5.74) is 1.36. The van der Waals surface area contributed by atoms with Crippen molar-refractivity contribution < 1.29 is 4.79 Å². The van der Waals surface area contributed by atoms with Gasteiger partial charge in [-0.2, -0.15) is 0 Å². The summed E-state index contributed by atoms with van der Waals surface area (Å²) in [6, 6.07) is 8.85. The van der Waals surface area contributed by atoms with Crippen LogP contribution in [0, 0.1) is 0 Å². The molecule has 0 unspecified atom stereocenters. The van der Waals surface area contributed by atoms with Gasteiger partial charge in [-0.05, 0) is 36.1 Å². The minimum atomic E-state index is -0.260. The topological polar surface area (TPSA) is 67.8 Å². The molecule has 0 saturated carbocycles. The Morgan fingerprint density at radius 1 is 1.19 bits per heavy atom. The summed E-state index contributed by atoms with van der Waals surface area (Å²) in [5, 5.41) is 13.2. The van der Waals surface area contributed by atoms with Crippen LogP contribution in [-0.4, -0.2) is 27.3 Å². The van der Waals surface area contributed by atoms with Crippen LogP contribution >= 0.6 is 58.1 Å². The molecule has 5 nitrogen and oxygen atoms in total. The van der Waals surface area contributed by atoms with Crippen molar-refractivity contribution in [3.8, 4) is 0 Å². The number of nitrogens with one attached hydrogen (secondary N) is 1. The maximum absolute atomic E-state index is 12.4. The van der Waals surface area contributed by atoms with Gasteiger partial charge in [0.1, 0.15) is 5.03 Å². The largest absolute Gasteiger partial charge is 0.296 e. The van der Waals surface area contributed by atoms with Gasteiger partial charge in [-0.25, -0.2) is 4.98 Å². The molecule has 1 aromatic carbocycles. The average Bonchev–Trinajstić information content (AvgIpc) is 3.08. The number of hydrogen-bond acceptors (Lipinski definition) is 7. The number of anilines is 1. The summed E-state index contributed by atoms with van der Waals surface area (Å²) in [5.74, 6) is 0.310. The average molecular weight is 443 g/mol. The summed E-state index contributed by atoms with van der Waals surface area (Å²) in [6.45, 7) is 0. The van der Waals surface area contributed by atoms with Gasteiger partial charge in [0.2, 0.25) is 5.13 Å². The third-order valence-corrected chi connectivity index (χ3v) is 6.66. The van der Waals surface area contributed by atoms with Crippen LogP contribution in [0.1, 0.15) is 15.9 Å². The lowest BCUT2D eigenvalue weighted by molar-refractivity contribution is 0.102. The first-order chi connectivity index (χ1) is 12.6. The van der Waals surface area contributed by atoms with Crippen LogP contribution in [-0.2, 0) is 5.75 Å². The Morgan fingerprint density at radius 2 is 1.96 bits per heavy atom. The Labute approximate surface area is 172 Å². The zero-order valence-corrected chi connectivity index (χ0v) is 17.4. The molecule has 0 bridgehead atoms. The zero-order valence-electron chi connectivity index (χ0n) is 13.4. The van der Waals surface area contributed by atoms with E-state index in [9.17, 15) is 4.79 Å². The Balaban J connectivity index is 1.66. The summed E-state index contributed by atoms with van der Waals surface area (Å²) in [4.78, 5) is 16.6. The summed E-state index contributed by atoms with van der Waals surface area (Å²) >= 11 is 16.5. The number of pyridine rings is 1. The molecule has 26 heavy (non-hydrogen) atoms. The van der Waals surface area contributed by atoms with Crippen molar-refractivity contribution in [3.63, 3.8) is 0 Å². The maximum Gasteiger partial charge on any atom is 0.260 e. The molecule has 1 amide bonds. The standard InChI is InChI=1S/C16H12Cl2N4OS3/c1-24-14-9(4-3-7-19-14)13(23)20-15-21-22-16(26-15)25-8-10-11(17)5-2-6-12(10)18/h2-7H,8H2,1H3,(H,20,21,23). The molecule has 0 saturated heterocycles. The van der Waals surface area contributed by atoms with Gasteiger partial charge < -0.3 is 0 Å². The molecule has 134 valence electrons. The minimum absolute atomic E-state index is 0.260. The van der Waals surface area contributed by atoms with Crippen LogP contribution in [0.15, 0.2) is 45.9 Å². The molecule has 0 fully saturated rings. The van der Waals surface area contributed by atoms with Gasteiger partial charge in [-0.1, -0.05) is 52.4 Å². The monoisotopic (exact) mass is 442 g/mol. The number of aromatic nitrogens is 3. The third kappa shape index (κ3) is 4.69. The molecular weight excluding hydrogens is 431 g/mol. The second kappa shape index (κ2) is 9.05. The number of nitrogens with zero attached hydrogens (tertiary/aromatic N) is 3. The number of hydrogen-bond donors (Lipinski definition) is 1. The van der Waals surface area contributed by atoms with E-state index < -0.39 is 0 Å². The van der Waals surface area contributed by atoms with Gasteiger partial charge in [-0.3, -0.25) is 10.1 Å². The van der Waals surface area contributed by atoms with Crippen LogP contribution in [0.3, 0.4) is 0 Å². The Kier molecular flexibility index (Phi) is 6.77. The van der Waals surface area contributed by atoms with E-state index in [1.807, 2.05) is 6.26 Å². The van der Waals surface area contributed by atoms with Gasteiger partial charge >= 0.3 is 0 Å². The number of thioether (sulfide) groups is 2. The number of rotatable bonds is 6. The number of halogens is 2. The Morgan fingerprint density at radius 3 is 2.69 bits per heavy atom. The van der Waals surface area contributed by atoms with Gasteiger partial charge in [0.15, 0.2) is 4.34 Å². The highest BCUT2D eigenvalue weighted by Crippen LogP contribution is 2.33. The van der Waals surface area contributed by atoms with E-state index >= 15 is 0 Å². The number of benzene rings is 1. The summed E-state index contributed by atoms with van der Waals surface area (Å²) in [6.07, 6.45) is 3.53. The Hall–Kier alpha value is -1.32. The summed E-state index contributed by atoms with van der Waals surface area (Å²) in [7, 11) is 0. The smallest absolute Gasteiger partial charge is 0.260 e. The molecule has 0 radical (unpaired) electrons. The lowest BCUT2D eigenvalue weighted by atomic mass is 10.2. The zero-order chi connectivity index (χ0) is 18.5. The minimum Gasteiger partial charge on any atom is -0.296 e. The van der Waals surface area contributed by atoms with Gasteiger partial charge in [0.05, 0.1) is 5.56 Å². The number of amides is 1. The van der Waals surface area contributed by atoms with Crippen molar-refractivity contribution in [1.82, 2.24) is 15.2 Å². The molecule has 2 heterocycles. The highest BCUT2D eigenvalue weighted by molar-refractivity contribution is 8.00. The van der Waals surface area contributed by atoms with Gasteiger partial charge in [0, 0.05) is 22.0 Å². The van der Waals surface area contributed by atoms with Crippen molar-refractivity contribution in [1.29, 1.82) is 0 Å². The van der Waals surface area contributed by atoms with Crippen molar-refractivity contribution in [2.24, 2.45) is 0 Å². The van der Waals surface area contributed by atoms with E-state index in [4.69, 9.17) is 23.2 Å². The first kappa shape index (κ1) is 19.4. The van der Waals surface area contributed by atoms with Crippen LogP contribution < -0.4 is 5.32 Å². The summed E-state index contributed by atoms with van der Waals surface area (Å²) < 4.78 is 0.715. The van der Waals surface area contributed by atoms with Crippen molar-refractivity contribution in [3.05, 3.63) is 57.7 Å². The molecule has 2 aromatic heterocycles. The second-order valence-electron chi connectivity index (χ2n) is 4.88. The van der Waals surface area contributed by atoms with Crippen LogP contribution in [0.4, 0.5) is 5.13 Å². The predicted molar refractivity (Wildman–Crippen MR) is 110 cm³/mol. The number of carbonyl (C=O) groups excluding carboxylic acids is 1. The van der Waals surface area contributed by atoms with Crippen LogP contribution in [0.25, 0.3) is 0 Å². The highest BCUT2D eigenvalue weighted by Gasteiger charge is 2.15. The lowest BCUT2D eigenvalue weighted by Gasteiger charge is -2.05. The van der Waals surface area contributed by atoms with E-state index in [2.05, 4.69) is 20.5 Å². The van der Waals surface area contributed by atoms with Gasteiger partial charge in [0.25, 0.3) is 5.91 Å². The van der Waals surface area contributed by atoms with Crippen LogP contribution in [0.5, 0.6) is 0 Å². The maximum atomic E-state index is 12.4. The fourth-order valence-electron chi connectivity index (χ4n) is 2.01. The van der Waals surface area contributed by atoms with E-state index in [1.165, 1.54) is 34.9 Å². The molecule has 0 atom stereocenters. The first-order valence-corrected chi connectivity index (χ1v) is 11.1. The SMILES string of the molecule is CSc1ncccc1C(=O)Nc1nnc(SCc2c(Cl)cccc2Cl)s1. The molecule has 1 N–H and O–H groups in total. The molecule has 0 aliphatic heterocycles. The molecular formula is C16H12Cl2N4OS3. The quantitative estimate of drug-likeness (QED) is 0.401. The first-order valence-electron chi connectivity index (χ1n) is 7.28. The van der Waals surface area contributed by atoms with E-state index in [0.29, 0.717) is 35.9 Å². The fourth-order valence-corrected chi connectivity index (χ4v) is 5.05. The van der Waals surface area contributed by atoms with Crippen molar-refractivity contribution >= 4 is 69.1 Å². The molecule has 0 aliphatic carbocycles. The normalized spacial score (nSPS) is 10.7. The van der Waals surface area contributed by atoms with Crippen molar-refractivity contribution in [2.45, 2.75) is 15.1 Å². The highest BCUT2D eigenvalue weighted by atomic mass is 35.5. The molecule has 0 aliphatic rings. The number of carbonyl (C=O) groups is 1. The van der Waals surface area contributed by atoms with E-state index in [1.54, 1.807) is 36.5 Å². The van der Waals surface area contributed by atoms with Crippen molar-refractivity contribution in [2.75, 3.05) is 11.6 Å². The van der Waals surface area contributed by atoms with Gasteiger partial charge in [-0.15, -0.1) is 22.0 Å². The molecule has 10 heteroatoms. The lowest BCUT2D eigenvalue weighted by Crippen LogP contribution is -2.13. The second-order valence-corrected chi connectivity index (χ2v) is 8.69. The third-order valence-electron chi connectivity index (χ3n) is 3.24. The molecule has 3 rings (SSSR count). The molecule has 3 aromatic rings. The fraction of sp³-hybridized carbons (Fsp3) is 0.125. The predicted octanol–water partition coefficient (Wildman–Crippen LogP) is 5.51. The van der Waals surface area contributed by atoms with E-state index in [0.717, 1.165) is 5.56 Å². The van der Waals surface area contributed by atoms with Crippen LogP contribution in [0.2, 0.25) is 10.0 Å².